The zero-order valence-corrected chi connectivity index (χ0v) is 18.6. The van der Waals surface area contributed by atoms with Crippen LogP contribution in [0.15, 0.2) is 83.8 Å². The molecule has 0 atom stereocenters. The van der Waals surface area contributed by atoms with Crippen LogP contribution in [-0.2, 0) is 14.3 Å². The van der Waals surface area contributed by atoms with Crippen molar-refractivity contribution in [2.45, 2.75) is 4.90 Å². The zero-order valence-electron chi connectivity index (χ0n) is 17.7. The highest BCUT2D eigenvalue weighted by atomic mass is 32.2. The second-order valence-electron chi connectivity index (χ2n) is 6.78. The van der Waals surface area contributed by atoms with E-state index in [2.05, 4.69) is 16.2 Å². The Bertz CT molecular complexity index is 1170. The summed E-state index contributed by atoms with van der Waals surface area (Å²) < 4.78 is 18.0. The fourth-order valence-electron chi connectivity index (χ4n) is 2.67. The molecule has 0 saturated heterocycles. The number of thioether (sulfide) groups is 1. The Morgan fingerprint density at radius 2 is 1.47 bits per heavy atom. The number of amides is 3. The molecule has 0 heterocycles. The standard InChI is InChI=1S/C24H20FN3O5S/c25-17-10-12-18(13-11-17)26-22(30)15-34-20-9-5-4-8-19(20)24(32)33-14-21(29)27-28-23(31)16-6-2-1-3-7-16/h1-13H,14-15H2,(H,26,30)(H,27,29)(H,28,31). The molecule has 0 aromatic heterocycles. The molecule has 3 aromatic rings. The van der Waals surface area contributed by atoms with E-state index < -0.39 is 30.2 Å². The number of hydrogen-bond donors (Lipinski definition) is 3. The predicted octanol–water partition coefficient (Wildman–Crippen LogP) is 3.17. The monoisotopic (exact) mass is 481 g/mol. The Hall–Kier alpha value is -4.18. The summed E-state index contributed by atoms with van der Waals surface area (Å²) in [5.74, 6) is -2.75. The van der Waals surface area contributed by atoms with Crippen molar-refractivity contribution in [3.05, 3.63) is 95.8 Å². The average molecular weight is 482 g/mol. The minimum atomic E-state index is -0.758. The molecule has 0 fully saturated rings. The van der Waals surface area contributed by atoms with Crippen molar-refractivity contribution in [3.63, 3.8) is 0 Å². The molecule has 3 amide bonds. The number of ether oxygens (including phenoxy) is 1. The number of halogens is 1. The number of carbonyl (C=O) groups is 4. The van der Waals surface area contributed by atoms with E-state index in [1.807, 2.05) is 0 Å². The van der Waals surface area contributed by atoms with Crippen molar-refractivity contribution in [2.75, 3.05) is 17.7 Å². The highest BCUT2D eigenvalue weighted by molar-refractivity contribution is 8.00. The summed E-state index contributed by atoms with van der Waals surface area (Å²) in [6.45, 7) is -0.613. The molecule has 0 aliphatic heterocycles. The minimum Gasteiger partial charge on any atom is -0.452 e. The van der Waals surface area contributed by atoms with Gasteiger partial charge in [0.2, 0.25) is 5.91 Å². The molecule has 0 aliphatic rings. The fraction of sp³-hybridized carbons (Fsp3) is 0.0833. The van der Waals surface area contributed by atoms with Crippen LogP contribution in [0.4, 0.5) is 10.1 Å². The van der Waals surface area contributed by atoms with Crippen molar-refractivity contribution in [2.24, 2.45) is 0 Å². The smallest absolute Gasteiger partial charge is 0.339 e. The quantitative estimate of drug-likeness (QED) is 0.259. The van der Waals surface area contributed by atoms with Crippen molar-refractivity contribution >= 4 is 41.1 Å². The molecule has 3 aromatic carbocycles. The molecule has 0 saturated carbocycles. The Morgan fingerprint density at radius 1 is 0.794 bits per heavy atom. The maximum Gasteiger partial charge on any atom is 0.339 e. The number of hydrazine groups is 1. The van der Waals surface area contributed by atoms with Gasteiger partial charge in [0, 0.05) is 16.1 Å². The normalized spacial score (nSPS) is 10.1. The molecule has 174 valence electrons. The summed E-state index contributed by atoms with van der Waals surface area (Å²) in [4.78, 5) is 49.0. The van der Waals surface area contributed by atoms with E-state index >= 15 is 0 Å². The van der Waals surface area contributed by atoms with E-state index in [9.17, 15) is 23.6 Å². The van der Waals surface area contributed by atoms with Gasteiger partial charge in [0.05, 0.1) is 11.3 Å². The van der Waals surface area contributed by atoms with Crippen LogP contribution in [0.25, 0.3) is 0 Å². The van der Waals surface area contributed by atoms with E-state index in [-0.39, 0.29) is 17.2 Å². The third-order valence-corrected chi connectivity index (χ3v) is 5.35. The third kappa shape index (κ3) is 7.45. The molecule has 0 radical (unpaired) electrons. The average Bonchev–Trinajstić information content (AvgIpc) is 2.86. The molecule has 0 aliphatic carbocycles. The fourth-order valence-corrected chi connectivity index (χ4v) is 3.51. The number of anilines is 1. The van der Waals surface area contributed by atoms with Gasteiger partial charge in [0.15, 0.2) is 6.61 Å². The van der Waals surface area contributed by atoms with E-state index in [1.165, 1.54) is 30.3 Å². The maximum absolute atomic E-state index is 13.0. The molecule has 0 spiro atoms. The lowest BCUT2D eigenvalue weighted by Crippen LogP contribution is -2.43. The predicted molar refractivity (Wildman–Crippen MR) is 125 cm³/mol. The molecule has 3 N–H and O–H groups in total. The van der Waals surface area contributed by atoms with Crippen molar-refractivity contribution < 1.29 is 28.3 Å². The van der Waals surface area contributed by atoms with E-state index in [0.29, 0.717) is 16.1 Å². The first kappa shape index (κ1) is 24.5. The number of rotatable bonds is 8. The Kier molecular flexibility index (Phi) is 8.75. The highest BCUT2D eigenvalue weighted by Crippen LogP contribution is 2.23. The second-order valence-corrected chi connectivity index (χ2v) is 7.80. The van der Waals surface area contributed by atoms with Crippen molar-refractivity contribution in [1.82, 2.24) is 10.9 Å². The van der Waals surface area contributed by atoms with E-state index in [1.54, 1.807) is 48.5 Å². The van der Waals surface area contributed by atoms with Gasteiger partial charge in [0.1, 0.15) is 5.82 Å². The third-order valence-electron chi connectivity index (χ3n) is 4.28. The van der Waals surface area contributed by atoms with Crippen LogP contribution in [0.1, 0.15) is 20.7 Å². The SMILES string of the molecule is O=C(COC(=O)c1ccccc1SCC(=O)Nc1ccc(F)cc1)NNC(=O)c1ccccc1. The van der Waals surface area contributed by atoms with Crippen LogP contribution in [0.2, 0.25) is 0 Å². The molecule has 34 heavy (non-hydrogen) atoms. The largest absolute Gasteiger partial charge is 0.452 e. The number of benzene rings is 3. The van der Waals surface area contributed by atoms with Crippen molar-refractivity contribution in [1.29, 1.82) is 0 Å². The van der Waals surface area contributed by atoms with Crippen LogP contribution in [0, 0.1) is 5.82 Å². The Labute approximate surface area is 198 Å². The van der Waals surface area contributed by atoms with Gasteiger partial charge < -0.3 is 10.1 Å². The van der Waals surface area contributed by atoms with Crippen LogP contribution >= 0.6 is 11.8 Å². The molecule has 3 rings (SSSR count). The van der Waals surface area contributed by atoms with Gasteiger partial charge in [-0.1, -0.05) is 30.3 Å². The highest BCUT2D eigenvalue weighted by Gasteiger charge is 2.16. The summed E-state index contributed by atoms with van der Waals surface area (Å²) >= 11 is 1.11. The number of carbonyl (C=O) groups excluding carboxylic acids is 4. The molecular weight excluding hydrogens is 461 g/mol. The number of esters is 1. The Balaban J connectivity index is 1.47. The molecule has 0 bridgehead atoms. The van der Waals surface area contributed by atoms with Crippen LogP contribution in [0.5, 0.6) is 0 Å². The molecule has 8 nitrogen and oxygen atoms in total. The summed E-state index contributed by atoms with van der Waals surface area (Å²) in [5.41, 5.74) is 5.39. The van der Waals surface area contributed by atoms with E-state index in [4.69, 9.17) is 4.74 Å². The topological polar surface area (TPSA) is 114 Å². The first-order valence-electron chi connectivity index (χ1n) is 10.0. The van der Waals surface area contributed by atoms with E-state index in [0.717, 1.165) is 11.8 Å². The zero-order chi connectivity index (χ0) is 24.3. The number of nitrogens with one attached hydrogen (secondary N) is 3. The minimum absolute atomic E-state index is 0.00628. The second kappa shape index (κ2) is 12.2. The van der Waals surface area contributed by atoms with Crippen LogP contribution in [0.3, 0.4) is 0 Å². The summed E-state index contributed by atoms with van der Waals surface area (Å²) in [6, 6.07) is 20.1. The van der Waals surface area contributed by atoms with Gasteiger partial charge in [-0.2, -0.15) is 0 Å². The first-order valence-corrected chi connectivity index (χ1v) is 11.0. The van der Waals surface area contributed by atoms with Gasteiger partial charge in [0.25, 0.3) is 11.8 Å². The summed E-state index contributed by atoms with van der Waals surface area (Å²) in [6.07, 6.45) is 0. The van der Waals surface area contributed by atoms with Gasteiger partial charge in [-0.25, -0.2) is 9.18 Å². The molecule has 10 heteroatoms. The van der Waals surface area contributed by atoms with Gasteiger partial charge in [-0.05, 0) is 48.5 Å². The van der Waals surface area contributed by atoms with Crippen molar-refractivity contribution in [3.8, 4) is 0 Å². The maximum atomic E-state index is 13.0. The Morgan fingerprint density at radius 3 is 2.21 bits per heavy atom. The molecular formula is C24H20FN3O5S. The van der Waals surface area contributed by atoms with Gasteiger partial charge >= 0.3 is 5.97 Å². The van der Waals surface area contributed by atoms with Crippen LogP contribution in [-0.4, -0.2) is 36.1 Å². The lowest BCUT2D eigenvalue weighted by atomic mass is 10.2. The number of hydrogen-bond acceptors (Lipinski definition) is 6. The lowest BCUT2D eigenvalue weighted by molar-refractivity contribution is -0.125. The summed E-state index contributed by atoms with van der Waals surface area (Å²) in [5, 5.41) is 2.63. The molecule has 0 unspecified atom stereocenters. The van der Waals surface area contributed by atoms with Crippen LogP contribution < -0.4 is 16.2 Å². The lowest BCUT2D eigenvalue weighted by Gasteiger charge is -2.10. The summed E-state index contributed by atoms with van der Waals surface area (Å²) in [7, 11) is 0. The van der Waals surface area contributed by atoms with Gasteiger partial charge in [-0.15, -0.1) is 11.8 Å². The van der Waals surface area contributed by atoms with Gasteiger partial charge in [-0.3, -0.25) is 25.2 Å². The first-order chi connectivity index (χ1) is 16.4.